The van der Waals surface area contributed by atoms with E-state index in [4.69, 9.17) is 4.74 Å². The lowest BCUT2D eigenvalue weighted by Crippen LogP contribution is -2.08. The number of aldehydes is 1. The first-order valence-corrected chi connectivity index (χ1v) is 6.58. The highest BCUT2D eigenvalue weighted by molar-refractivity contribution is 14.1. The standard InChI is InChI=1S/C14H8F3IO2/c15-14(16,17)12-7-9(8-19)1-6-13(12)20-11-4-2-10(18)3-5-11/h1-8H. The average Bonchev–Trinajstić information content (AvgIpc) is 2.40. The maximum atomic E-state index is 12.9. The Morgan fingerprint density at radius 2 is 1.70 bits per heavy atom. The number of ether oxygens (including phenoxy) is 1. The lowest BCUT2D eigenvalue weighted by molar-refractivity contribution is -0.138. The fourth-order valence-electron chi connectivity index (χ4n) is 1.56. The summed E-state index contributed by atoms with van der Waals surface area (Å²) in [4.78, 5) is 10.6. The Kier molecular flexibility index (Phi) is 4.32. The van der Waals surface area contributed by atoms with Gasteiger partial charge in [0.1, 0.15) is 17.8 Å². The smallest absolute Gasteiger partial charge is 0.420 e. The molecule has 0 radical (unpaired) electrons. The van der Waals surface area contributed by atoms with E-state index in [1.807, 2.05) is 0 Å². The fourth-order valence-corrected chi connectivity index (χ4v) is 1.92. The maximum Gasteiger partial charge on any atom is 0.420 e. The SMILES string of the molecule is O=Cc1ccc(Oc2ccc(I)cc2)c(C(F)(F)F)c1. The van der Waals surface area contributed by atoms with Gasteiger partial charge in [0.15, 0.2) is 0 Å². The number of halogens is 4. The summed E-state index contributed by atoms with van der Waals surface area (Å²) >= 11 is 2.08. The van der Waals surface area contributed by atoms with Crippen LogP contribution < -0.4 is 4.74 Å². The van der Waals surface area contributed by atoms with Gasteiger partial charge in [0.25, 0.3) is 0 Å². The summed E-state index contributed by atoms with van der Waals surface area (Å²) < 4.78 is 45.0. The van der Waals surface area contributed by atoms with Gasteiger partial charge in [-0.3, -0.25) is 4.79 Å². The first-order chi connectivity index (χ1) is 9.40. The van der Waals surface area contributed by atoms with E-state index in [-0.39, 0.29) is 11.3 Å². The first-order valence-electron chi connectivity index (χ1n) is 5.50. The van der Waals surface area contributed by atoms with E-state index in [0.717, 1.165) is 15.7 Å². The average molecular weight is 392 g/mol. The minimum atomic E-state index is -4.59. The molecule has 0 aliphatic rings. The van der Waals surface area contributed by atoms with Gasteiger partial charge in [0.2, 0.25) is 0 Å². The van der Waals surface area contributed by atoms with Gasteiger partial charge >= 0.3 is 6.18 Å². The van der Waals surface area contributed by atoms with Gasteiger partial charge < -0.3 is 4.74 Å². The van der Waals surface area contributed by atoms with Crippen LogP contribution in [0.25, 0.3) is 0 Å². The zero-order valence-electron chi connectivity index (χ0n) is 9.95. The van der Waals surface area contributed by atoms with Crippen LogP contribution in [0.15, 0.2) is 42.5 Å². The number of hydrogen-bond acceptors (Lipinski definition) is 2. The van der Waals surface area contributed by atoms with Crippen LogP contribution in [0.1, 0.15) is 15.9 Å². The number of carbonyl (C=O) groups excluding carboxylic acids is 1. The molecular formula is C14H8F3IO2. The normalized spacial score (nSPS) is 11.2. The van der Waals surface area contributed by atoms with E-state index in [9.17, 15) is 18.0 Å². The Morgan fingerprint density at radius 1 is 1.05 bits per heavy atom. The molecule has 2 aromatic rings. The Hall–Kier alpha value is -1.57. The van der Waals surface area contributed by atoms with E-state index >= 15 is 0 Å². The van der Waals surface area contributed by atoms with E-state index in [2.05, 4.69) is 22.6 Å². The minimum absolute atomic E-state index is 0.0488. The second-order valence-corrected chi connectivity index (χ2v) is 5.17. The van der Waals surface area contributed by atoms with Crippen LogP contribution in [0.3, 0.4) is 0 Å². The molecule has 0 aliphatic carbocycles. The number of alkyl halides is 3. The third-order valence-electron chi connectivity index (χ3n) is 2.49. The molecule has 0 fully saturated rings. The fraction of sp³-hybridized carbons (Fsp3) is 0.0714. The predicted octanol–water partition coefficient (Wildman–Crippen LogP) is 4.91. The first kappa shape index (κ1) is 14.8. The van der Waals surface area contributed by atoms with Crippen LogP contribution in [0.4, 0.5) is 13.2 Å². The summed E-state index contributed by atoms with van der Waals surface area (Å²) in [5.41, 5.74) is -1.02. The molecule has 2 rings (SSSR count). The molecule has 0 heterocycles. The summed E-state index contributed by atoms with van der Waals surface area (Å²) in [5, 5.41) is 0. The third kappa shape index (κ3) is 3.50. The molecular weight excluding hydrogens is 384 g/mol. The van der Waals surface area contributed by atoms with Crippen molar-refractivity contribution in [1.29, 1.82) is 0 Å². The molecule has 0 saturated heterocycles. The molecule has 104 valence electrons. The summed E-state index contributed by atoms with van der Waals surface area (Å²) in [6.45, 7) is 0. The molecule has 2 aromatic carbocycles. The molecule has 0 amide bonds. The monoisotopic (exact) mass is 392 g/mol. The number of hydrogen-bond donors (Lipinski definition) is 0. The Labute approximate surface area is 126 Å². The van der Waals surface area contributed by atoms with Crippen molar-refractivity contribution >= 4 is 28.9 Å². The highest BCUT2D eigenvalue weighted by Crippen LogP contribution is 2.38. The van der Waals surface area contributed by atoms with Gasteiger partial charge in [0.05, 0.1) is 5.56 Å². The topological polar surface area (TPSA) is 26.3 Å². The van der Waals surface area contributed by atoms with Crippen LogP contribution >= 0.6 is 22.6 Å². The van der Waals surface area contributed by atoms with E-state index < -0.39 is 11.7 Å². The van der Waals surface area contributed by atoms with Crippen LogP contribution in [-0.2, 0) is 6.18 Å². The molecule has 6 heteroatoms. The summed E-state index contributed by atoms with van der Waals surface area (Å²) in [7, 11) is 0. The van der Waals surface area contributed by atoms with Crippen LogP contribution in [0.5, 0.6) is 11.5 Å². The Morgan fingerprint density at radius 3 is 2.25 bits per heavy atom. The van der Waals surface area contributed by atoms with Gasteiger partial charge in [-0.25, -0.2) is 0 Å². The summed E-state index contributed by atoms with van der Waals surface area (Å²) in [6.07, 6.45) is -4.22. The third-order valence-corrected chi connectivity index (χ3v) is 3.21. The van der Waals surface area contributed by atoms with Crippen LogP contribution in [0, 0.1) is 3.57 Å². The van der Waals surface area contributed by atoms with E-state index in [0.29, 0.717) is 12.0 Å². The zero-order chi connectivity index (χ0) is 14.8. The number of benzene rings is 2. The highest BCUT2D eigenvalue weighted by Gasteiger charge is 2.34. The molecule has 0 aromatic heterocycles. The Bertz CT molecular complexity index is 621. The molecule has 0 spiro atoms. The second-order valence-electron chi connectivity index (χ2n) is 3.93. The van der Waals surface area contributed by atoms with Crippen molar-refractivity contribution in [1.82, 2.24) is 0 Å². The van der Waals surface area contributed by atoms with E-state index in [1.165, 1.54) is 6.07 Å². The van der Waals surface area contributed by atoms with Gasteiger partial charge in [-0.15, -0.1) is 0 Å². The predicted molar refractivity (Wildman–Crippen MR) is 76.1 cm³/mol. The largest absolute Gasteiger partial charge is 0.457 e. The quantitative estimate of drug-likeness (QED) is 0.548. The van der Waals surface area contributed by atoms with Crippen molar-refractivity contribution in [2.45, 2.75) is 6.18 Å². The Balaban J connectivity index is 2.40. The number of carbonyl (C=O) groups is 1. The van der Waals surface area contributed by atoms with Crippen LogP contribution in [-0.4, -0.2) is 6.29 Å². The van der Waals surface area contributed by atoms with Gasteiger partial charge in [-0.05, 0) is 65.1 Å². The maximum absolute atomic E-state index is 12.9. The molecule has 20 heavy (non-hydrogen) atoms. The lowest BCUT2D eigenvalue weighted by atomic mass is 10.1. The highest BCUT2D eigenvalue weighted by atomic mass is 127. The van der Waals surface area contributed by atoms with E-state index in [1.54, 1.807) is 24.3 Å². The molecule has 0 N–H and O–H groups in total. The molecule has 2 nitrogen and oxygen atoms in total. The second kappa shape index (κ2) is 5.82. The van der Waals surface area contributed by atoms with Crippen molar-refractivity contribution in [3.8, 4) is 11.5 Å². The van der Waals surface area contributed by atoms with Crippen molar-refractivity contribution in [3.05, 3.63) is 57.2 Å². The zero-order valence-corrected chi connectivity index (χ0v) is 12.1. The molecule has 0 aliphatic heterocycles. The van der Waals surface area contributed by atoms with Gasteiger partial charge in [0, 0.05) is 9.13 Å². The molecule has 0 unspecified atom stereocenters. The molecule has 0 saturated carbocycles. The number of rotatable bonds is 3. The molecule has 0 atom stereocenters. The van der Waals surface area contributed by atoms with Crippen LogP contribution in [0.2, 0.25) is 0 Å². The summed E-state index contributed by atoms with van der Waals surface area (Å²) in [6, 6.07) is 9.81. The van der Waals surface area contributed by atoms with Crippen molar-refractivity contribution in [2.24, 2.45) is 0 Å². The van der Waals surface area contributed by atoms with Crippen molar-refractivity contribution in [3.63, 3.8) is 0 Å². The van der Waals surface area contributed by atoms with Crippen molar-refractivity contribution in [2.75, 3.05) is 0 Å². The minimum Gasteiger partial charge on any atom is -0.457 e. The van der Waals surface area contributed by atoms with Gasteiger partial charge in [-0.1, -0.05) is 0 Å². The summed E-state index contributed by atoms with van der Waals surface area (Å²) in [5.74, 6) is -0.0286. The van der Waals surface area contributed by atoms with Gasteiger partial charge in [-0.2, -0.15) is 13.2 Å². The lowest BCUT2D eigenvalue weighted by Gasteiger charge is -2.14. The molecule has 0 bridgehead atoms. The van der Waals surface area contributed by atoms with Crippen molar-refractivity contribution < 1.29 is 22.7 Å².